The Morgan fingerprint density at radius 3 is 2.19 bits per heavy atom. The zero-order valence-corrected chi connectivity index (χ0v) is 21.6. The molecule has 3 unspecified atom stereocenters. The SMILES string of the molecule is Cc1cccc(NC(=O)C(Sc2ccc(NC(=O)C3CC=CCC3C(=O)O)cc2)c2ccccc2)c1C. The van der Waals surface area contributed by atoms with Gasteiger partial charge in [-0.25, -0.2) is 0 Å². The molecule has 0 aromatic heterocycles. The monoisotopic (exact) mass is 514 g/mol. The molecule has 7 heteroatoms. The molecule has 6 nitrogen and oxygen atoms in total. The molecule has 0 aliphatic heterocycles. The van der Waals surface area contributed by atoms with Crippen LogP contribution in [0.25, 0.3) is 0 Å². The normalized spacial score (nSPS) is 17.6. The summed E-state index contributed by atoms with van der Waals surface area (Å²) in [6, 6.07) is 22.7. The second kappa shape index (κ2) is 11.9. The Bertz CT molecular complexity index is 1300. The number of anilines is 2. The van der Waals surface area contributed by atoms with Crippen molar-refractivity contribution in [3.63, 3.8) is 0 Å². The van der Waals surface area contributed by atoms with E-state index in [0.29, 0.717) is 18.5 Å². The van der Waals surface area contributed by atoms with Crippen LogP contribution in [0.15, 0.2) is 89.8 Å². The van der Waals surface area contributed by atoms with Gasteiger partial charge in [-0.3, -0.25) is 14.4 Å². The molecule has 0 saturated heterocycles. The highest BCUT2D eigenvalue weighted by Crippen LogP contribution is 2.37. The number of carbonyl (C=O) groups excluding carboxylic acids is 2. The summed E-state index contributed by atoms with van der Waals surface area (Å²) in [7, 11) is 0. The molecule has 1 aliphatic rings. The fourth-order valence-corrected chi connectivity index (χ4v) is 5.37. The van der Waals surface area contributed by atoms with Gasteiger partial charge in [-0.2, -0.15) is 0 Å². The van der Waals surface area contributed by atoms with E-state index in [9.17, 15) is 19.5 Å². The van der Waals surface area contributed by atoms with Crippen LogP contribution in [0.4, 0.5) is 11.4 Å². The number of aliphatic carboxylic acids is 1. The van der Waals surface area contributed by atoms with E-state index in [0.717, 1.165) is 27.3 Å². The average molecular weight is 515 g/mol. The standard InChI is InChI=1S/C30H30N2O4S/c1-19-9-8-14-26(20(19)2)32-29(34)27(21-10-4-3-5-11-21)37-23-17-15-22(16-18-23)31-28(33)24-12-6-7-13-25(24)30(35)36/h3-11,14-18,24-25,27H,12-13H2,1-2H3,(H,31,33)(H,32,34)(H,35,36). The summed E-state index contributed by atoms with van der Waals surface area (Å²) in [6.07, 6.45) is 4.43. The van der Waals surface area contributed by atoms with Crippen LogP contribution in [0.3, 0.4) is 0 Å². The molecule has 0 fully saturated rings. The van der Waals surface area contributed by atoms with Crippen LogP contribution in [-0.2, 0) is 14.4 Å². The first kappa shape index (κ1) is 26.2. The lowest BCUT2D eigenvalue weighted by molar-refractivity contribution is -0.146. The minimum atomic E-state index is -0.956. The van der Waals surface area contributed by atoms with Crippen molar-refractivity contribution in [1.29, 1.82) is 0 Å². The maximum Gasteiger partial charge on any atom is 0.307 e. The summed E-state index contributed by atoms with van der Waals surface area (Å²) < 4.78 is 0. The lowest BCUT2D eigenvalue weighted by atomic mass is 9.82. The van der Waals surface area contributed by atoms with Crippen molar-refractivity contribution in [2.75, 3.05) is 10.6 Å². The van der Waals surface area contributed by atoms with Crippen LogP contribution in [0.2, 0.25) is 0 Å². The molecule has 3 N–H and O–H groups in total. The number of hydrogen-bond donors (Lipinski definition) is 3. The number of rotatable bonds is 8. The third-order valence-electron chi connectivity index (χ3n) is 6.67. The molecular weight excluding hydrogens is 484 g/mol. The van der Waals surface area contributed by atoms with Crippen LogP contribution in [0, 0.1) is 25.7 Å². The maximum absolute atomic E-state index is 13.4. The third kappa shape index (κ3) is 6.49. The van der Waals surface area contributed by atoms with Crippen molar-refractivity contribution in [3.05, 3.63) is 102 Å². The van der Waals surface area contributed by atoms with Crippen molar-refractivity contribution in [3.8, 4) is 0 Å². The number of amides is 2. The van der Waals surface area contributed by atoms with E-state index in [2.05, 4.69) is 10.6 Å². The molecule has 3 atom stereocenters. The summed E-state index contributed by atoms with van der Waals surface area (Å²) in [5, 5.41) is 14.9. The number of hydrogen-bond acceptors (Lipinski definition) is 4. The van der Waals surface area contributed by atoms with E-state index < -0.39 is 23.1 Å². The molecule has 3 aromatic carbocycles. The molecule has 0 heterocycles. The molecule has 4 rings (SSSR count). The molecule has 2 amide bonds. The highest BCUT2D eigenvalue weighted by molar-refractivity contribution is 8.00. The number of allylic oxidation sites excluding steroid dienone is 2. The summed E-state index contributed by atoms with van der Waals surface area (Å²) in [6.45, 7) is 4.01. The zero-order chi connectivity index (χ0) is 26.4. The van der Waals surface area contributed by atoms with Gasteiger partial charge >= 0.3 is 5.97 Å². The zero-order valence-electron chi connectivity index (χ0n) is 20.8. The van der Waals surface area contributed by atoms with Gasteiger partial charge in [0, 0.05) is 16.3 Å². The van der Waals surface area contributed by atoms with Crippen molar-refractivity contribution in [2.45, 2.75) is 36.8 Å². The lowest BCUT2D eigenvalue weighted by Gasteiger charge is -2.24. The number of thioether (sulfide) groups is 1. The van der Waals surface area contributed by atoms with Crippen LogP contribution in [-0.4, -0.2) is 22.9 Å². The number of nitrogens with one attached hydrogen (secondary N) is 2. The van der Waals surface area contributed by atoms with Crippen LogP contribution < -0.4 is 10.6 Å². The van der Waals surface area contributed by atoms with Crippen molar-refractivity contribution >= 4 is 40.9 Å². The minimum Gasteiger partial charge on any atom is -0.481 e. The summed E-state index contributed by atoms with van der Waals surface area (Å²) in [4.78, 5) is 38.6. The molecule has 1 aliphatic carbocycles. The maximum atomic E-state index is 13.4. The quantitative estimate of drug-likeness (QED) is 0.239. The highest BCUT2D eigenvalue weighted by atomic mass is 32.2. The third-order valence-corrected chi connectivity index (χ3v) is 7.93. The Kier molecular flexibility index (Phi) is 8.46. The van der Waals surface area contributed by atoms with Gasteiger partial charge in [0.15, 0.2) is 0 Å². The minimum absolute atomic E-state index is 0.118. The van der Waals surface area contributed by atoms with Crippen LogP contribution in [0.1, 0.15) is 34.8 Å². The predicted octanol–water partition coefficient (Wildman–Crippen LogP) is 6.38. The Labute approximate surface area is 221 Å². The molecule has 3 aromatic rings. The molecular formula is C30H30N2O4S. The van der Waals surface area contributed by atoms with Crippen LogP contribution >= 0.6 is 11.8 Å². The fourth-order valence-electron chi connectivity index (χ4n) is 4.35. The highest BCUT2D eigenvalue weighted by Gasteiger charge is 2.34. The summed E-state index contributed by atoms with van der Waals surface area (Å²) in [5.74, 6) is -2.70. The van der Waals surface area contributed by atoms with Gasteiger partial charge in [0.05, 0.1) is 11.8 Å². The second-order valence-corrected chi connectivity index (χ2v) is 10.3. The van der Waals surface area contributed by atoms with Gasteiger partial charge in [0.25, 0.3) is 0 Å². The first-order chi connectivity index (χ1) is 17.8. The van der Waals surface area contributed by atoms with Crippen molar-refractivity contribution in [1.82, 2.24) is 0 Å². The van der Waals surface area contributed by atoms with Gasteiger partial charge < -0.3 is 15.7 Å². The molecule has 0 bridgehead atoms. The van der Waals surface area contributed by atoms with Gasteiger partial charge in [0.2, 0.25) is 11.8 Å². The largest absolute Gasteiger partial charge is 0.481 e. The molecule has 0 saturated carbocycles. The van der Waals surface area contributed by atoms with E-state index in [1.54, 1.807) is 12.1 Å². The Hall–Kier alpha value is -3.84. The predicted molar refractivity (Wildman–Crippen MR) is 148 cm³/mol. The van der Waals surface area contributed by atoms with E-state index in [1.165, 1.54) is 11.8 Å². The van der Waals surface area contributed by atoms with E-state index in [1.807, 2.05) is 86.7 Å². The van der Waals surface area contributed by atoms with Gasteiger partial charge in [-0.05, 0) is 73.7 Å². The van der Waals surface area contributed by atoms with Gasteiger partial charge in [-0.15, -0.1) is 11.8 Å². The van der Waals surface area contributed by atoms with E-state index in [-0.39, 0.29) is 11.8 Å². The number of carbonyl (C=O) groups is 3. The average Bonchev–Trinajstić information content (AvgIpc) is 2.91. The molecule has 37 heavy (non-hydrogen) atoms. The first-order valence-electron chi connectivity index (χ1n) is 12.2. The van der Waals surface area contributed by atoms with Gasteiger partial charge in [-0.1, -0.05) is 54.6 Å². The number of carboxylic acid groups (broad SMARTS) is 1. The van der Waals surface area contributed by atoms with Gasteiger partial charge in [0.1, 0.15) is 5.25 Å². The van der Waals surface area contributed by atoms with E-state index >= 15 is 0 Å². The number of benzene rings is 3. The fraction of sp³-hybridized carbons (Fsp3) is 0.233. The van der Waals surface area contributed by atoms with E-state index in [4.69, 9.17) is 0 Å². The second-order valence-electron chi connectivity index (χ2n) is 9.15. The molecule has 0 spiro atoms. The molecule has 190 valence electrons. The molecule has 0 radical (unpaired) electrons. The van der Waals surface area contributed by atoms with Crippen LogP contribution in [0.5, 0.6) is 0 Å². The summed E-state index contributed by atoms with van der Waals surface area (Å²) >= 11 is 1.43. The Balaban J connectivity index is 1.48. The van der Waals surface area contributed by atoms with Crippen molar-refractivity contribution in [2.24, 2.45) is 11.8 Å². The summed E-state index contributed by atoms with van der Waals surface area (Å²) in [5.41, 5.74) is 4.41. The lowest BCUT2D eigenvalue weighted by Crippen LogP contribution is -2.34. The topological polar surface area (TPSA) is 95.5 Å². The Morgan fingerprint density at radius 2 is 1.51 bits per heavy atom. The Morgan fingerprint density at radius 1 is 0.838 bits per heavy atom. The smallest absolute Gasteiger partial charge is 0.307 e. The number of carboxylic acids is 1. The number of aryl methyl sites for hydroxylation is 1. The van der Waals surface area contributed by atoms with Crippen molar-refractivity contribution < 1.29 is 19.5 Å². The first-order valence-corrected chi connectivity index (χ1v) is 13.1.